The monoisotopic (exact) mass is 286 g/mol. The van der Waals surface area contributed by atoms with E-state index in [0.717, 1.165) is 22.2 Å². The minimum absolute atomic E-state index is 0.000365. The van der Waals surface area contributed by atoms with E-state index >= 15 is 0 Å². The van der Waals surface area contributed by atoms with Crippen molar-refractivity contribution in [2.75, 3.05) is 7.05 Å². The quantitative estimate of drug-likeness (QED) is 0.805. The average Bonchev–Trinajstić information content (AvgIpc) is 2.80. The maximum absolute atomic E-state index is 6.25. The van der Waals surface area contributed by atoms with Gasteiger partial charge in [0.25, 0.3) is 0 Å². The highest BCUT2D eigenvalue weighted by atomic mass is 35.5. The SMILES string of the molecule is CNC(c1ccc2ncccc2c1)c1c(Cl)cnn1C. The summed E-state index contributed by atoms with van der Waals surface area (Å²) in [6.45, 7) is 0. The molecule has 0 fully saturated rings. The Balaban J connectivity index is 2.12. The van der Waals surface area contributed by atoms with Crippen LogP contribution in [0.2, 0.25) is 5.02 Å². The summed E-state index contributed by atoms with van der Waals surface area (Å²) in [5.41, 5.74) is 3.08. The molecule has 3 aromatic rings. The minimum atomic E-state index is -0.000365. The lowest BCUT2D eigenvalue weighted by molar-refractivity contribution is 0.606. The van der Waals surface area contributed by atoms with E-state index in [9.17, 15) is 0 Å². The molecule has 0 bridgehead atoms. The van der Waals surface area contributed by atoms with Gasteiger partial charge in [0.05, 0.1) is 28.5 Å². The normalized spacial score (nSPS) is 12.8. The lowest BCUT2D eigenvalue weighted by atomic mass is 10.0. The van der Waals surface area contributed by atoms with E-state index in [1.54, 1.807) is 17.1 Å². The van der Waals surface area contributed by atoms with E-state index < -0.39 is 0 Å². The molecular formula is C15H15ClN4. The second kappa shape index (κ2) is 5.23. The van der Waals surface area contributed by atoms with Crippen LogP contribution in [0.3, 0.4) is 0 Å². The van der Waals surface area contributed by atoms with Crippen LogP contribution in [0.25, 0.3) is 10.9 Å². The Morgan fingerprint density at radius 2 is 2.15 bits per heavy atom. The number of rotatable bonds is 3. The second-order valence-electron chi connectivity index (χ2n) is 4.68. The average molecular weight is 287 g/mol. The standard InChI is InChI=1S/C15H15ClN4/c1-17-14(15-12(16)9-19-20(15)2)11-5-6-13-10(8-11)4-3-7-18-13/h3-9,14,17H,1-2H3. The van der Waals surface area contributed by atoms with Crippen LogP contribution in [-0.2, 0) is 7.05 Å². The van der Waals surface area contributed by atoms with Crippen LogP contribution in [0.15, 0.2) is 42.7 Å². The molecule has 1 unspecified atom stereocenters. The minimum Gasteiger partial charge on any atom is -0.308 e. The molecule has 20 heavy (non-hydrogen) atoms. The maximum Gasteiger partial charge on any atom is 0.0837 e. The summed E-state index contributed by atoms with van der Waals surface area (Å²) in [6, 6.07) is 10.2. The zero-order valence-electron chi connectivity index (χ0n) is 11.3. The summed E-state index contributed by atoms with van der Waals surface area (Å²) in [6.07, 6.45) is 3.47. The van der Waals surface area contributed by atoms with E-state index in [1.165, 1.54) is 0 Å². The zero-order chi connectivity index (χ0) is 14.1. The summed E-state index contributed by atoms with van der Waals surface area (Å²) in [5.74, 6) is 0. The smallest absolute Gasteiger partial charge is 0.0837 e. The van der Waals surface area contributed by atoms with Gasteiger partial charge in [-0.2, -0.15) is 5.10 Å². The molecule has 2 heterocycles. The molecule has 0 saturated carbocycles. The highest BCUT2D eigenvalue weighted by molar-refractivity contribution is 6.31. The lowest BCUT2D eigenvalue weighted by Crippen LogP contribution is -2.21. The van der Waals surface area contributed by atoms with Crippen LogP contribution in [-0.4, -0.2) is 21.8 Å². The van der Waals surface area contributed by atoms with Crippen molar-refractivity contribution < 1.29 is 0 Å². The summed E-state index contributed by atoms with van der Waals surface area (Å²) < 4.78 is 1.80. The number of hydrogen-bond donors (Lipinski definition) is 1. The van der Waals surface area contributed by atoms with Crippen molar-refractivity contribution in [2.24, 2.45) is 7.05 Å². The molecule has 0 radical (unpaired) electrons. The topological polar surface area (TPSA) is 42.7 Å². The van der Waals surface area contributed by atoms with Gasteiger partial charge in [0, 0.05) is 18.6 Å². The number of fused-ring (bicyclic) bond motifs is 1. The molecule has 4 nitrogen and oxygen atoms in total. The molecule has 0 aliphatic rings. The third-order valence-corrected chi connectivity index (χ3v) is 3.75. The molecule has 1 atom stereocenters. The molecule has 1 N–H and O–H groups in total. The fourth-order valence-corrected chi connectivity index (χ4v) is 2.75. The number of nitrogens with zero attached hydrogens (tertiary/aromatic N) is 3. The van der Waals surface area contributed by atoms with Gasteiger partial charge in [0.15, 0.2) is 0 Å². The largest absolute Gasteiger partial charge is 0.308 e. The molecule has 0 spiro atoms. The molecule has 0 aliphatic heterocycles. The van der Waals surface area contributed by atoms with Crippen molar-refractivity contribution in [1.29, 1.82) is 0 Å². The number of aromatic nitrogens is 3. The zero-order valence-corrected chi connectivity index (χ0v) is 12.1. The number of hydrogen-bond acceptors (Lipinski definition) is 3. The van der Waals surface area contributed by atoms with Crippen LogP contribution in [0.1, 0.15) is 17.3 Å². The molecule has 5 heteroatoms. The predicted molar refractivity (Wildman–Crippen MR) is 80.9 cm³/mol. The lowest BCUT2D eigenvalue weighted by Gasteiger charge is -2.18. The van der Waals surface area contributed by atoms with Crippen molar-refractivity contribution >= 4 is 22.5 Å². The third kappa shape index (κ3) is 2.17. The summed E-state index contributed by atoms with van der Waals surface area (Å²) in [5, 5.41) is 9.29. The first-order valence-electron chi connectivity index (χ1n) is 6.40. The van der Waals surface area contributed by atoms with E-state index in [4.69, 9.17) is 11.6 Å². The van der Waals surface area contributed by atoms with E-state index in [2.05, 4.69) is 33.6 Å². The van der Waals surface area contributed by atoms with Crippen molar-refractivity contribution in [2.45, 2.75) is 6.04 Å². The van der Waals surface area contributed by atoms with Crippen LogP contribution in [0, 0.1) is 0 Å². The Morgan fingerprint density at radius 1 is 1.30 bits per heavy atom. The Hall–Kier alpha value is -1.91. The number of halogens is 1. The Kier molecular flexibility index (Phi) is 3.42. The van der Waals surface area contributed by atoms with Crippen molar-refractivity contribution in [1.82, 2.24) is 20.1 Å². The van der Waals surface area contributed by atoms with Gasteiger partial charge in [-0.15, -0.1) is 0 Å². The summed E-state index contributed by atoms with van der Waals surface area (Å²) >= 11 is 6.25. The molecule has 2 aromatic heterocycles. The van der Waals surface area contributed by atoms with Crippen LogP contribution in [0.5, 0.6) is 0 Å². The van der Waals surface area contributed by atoms with Gasteiger partial charge in [-0.05, 0) is 30.8 Å². The Labute approximate surface area is 122 Å². The Morgan fingerprint density at radius 3 is 2.85 bits per heavy atom. The van der Waals surface area contributed by atoms with Gasteiger partial charge in [0.1, 0.15) is 0 Å². The van der Waals surface area contributed by atoms with Gasteiger partial charge in [-0.1, -0.05) is 23.7 Å². The molecule has 102 valence electrons. The highest BCUT2D eigenvalue weighted by Crippen LogP contribution is 2.29. The number of aryl methyl sites for hydroxylation is 1. The van der Waals surface area contributed by atoms with E-state index in [1.807, 2.05) is 26.2 Å². The predicted octanol–water partition coefficient (Wildman–Crippen LogP) is 2.93. The molecule has 0 amide bonds. The molecule has 1 aromatic carbocycles. The van der Waals surface area contributed by atoms with Gasteiger partial charge < -0.3 is 5.32 Å². The first-order valence-corrected chi connectivity index (χ1v) is 6.78. The maximum atomic E-state index is 6.25. The van der Waals surface area contributed by atoms with E-state index in [0.29, 0.717) is 5.02 Å². The van der Waals surface area contributed by atoms with Crippen LogP contribution < -0.4 is 5.32 Å². The van der Waals surface area contributed by atoms with Gasteiger partial charge in [-0.3, -0.25) is 9.67 Å². The third-order valence-electron chi connectivity index (χ3n) is 3.46. The first kappa shape index (κ1) is 13.1. The van der Waals surface area contributed by atoms with Gasteiger partial charge >= 0.3 is 0 Å². The van der Waals surface area contributed by atoms with Gasteiger partial charge in [0.2, 0.25) is 0 Å². The molecule has 0 aliphatic carbocycles. The Bertz CT molecular complexity index is 731. The van der Waals surface area contributed by atoms with Crippen molar-refractivity contribution in [3.05, 3.63) is 59.0 Å². The number of pyridine rings is 1. The summed E-state index contributed by atoms with van der Waals surface area (Å²) in [7, 11) is 3.82. The van der Waals surface area contributed by atoms with Crippen LogP contribution in [0.4, 0.5) is 0 Å². The van der Waals surface area contributed by atoms with Crippen molar-refractivity contribution in [3.8, 4) is 0 Å². The number of nitrogens with one attached hydrogen (secondary N) is 1. The summed E-state index contributed by atoms with van der Waals surface area (Å²) in [4.78, 5) is 4.34. The number of benzene rings is 1. The first-order chi connectivity index (χ1) is 9.70. The second-order valence-corrected chi connectivity index (χ2v) is 5.09. The van der Waals surface area contributed by atoms with Crippen LogP contribution >= 0.6 is 11.6 Å². The fraction of sp³-hybridized carbons (Fsp3) is 0.200. The van der Waals surface area contributed by atoms with Gasteiger partial charge in [-0.25, -0.2) is 0 Å². The highest BCUT2D eigenvalue weighted by Gasteiger charge is 2.19. The molecule has 3 rings (SSSR count). The van der Waals surface area contributed by atoms with Crippen molar-refractivity contribution in [3.63, 3.8) is 0 Å². The molecular weight excluding hydrogens is 272 g/mol. The fourth-order valence-electron chi connectivity index (χ4n) is 2.48. The van der Waals surface area contributed by atoms with E-state index in [-0.39, 0.29) is 6.04 Å². The molecule has 0 saturated heterocycles.